The molecule has 20 heavy (non-hydrogen) atoms. The van der Waals surface area contributed by atoms with E-state index in [1.165, 1.54) is 18.2 Å². The highest BCUT2D eigenvalue weighted by Gasteiger charge is 2.30. The summed E-state index contributed by atoms with van der Waals surface area (Å²) in [5.41, 5.74) is -0.193. The second-order valence-electron chi connectivity index (χ2n) is 4.34. The second-order valence-corrected chi connectivity index (χ2v) is 4.75. The molecule has 1 aromatic carbocycles. The van der Waals surface area contributed by atoms with Crippen molar-refractivity contribution in [1.29, 1.82) is 0 Å². The average Bonchev–Trinajstić information content (AvgIpc) is 2.85. The van der Waals surface area contributed by atoms with Crippen LogP contribution in [0.5, 0.6) is 5.75 Å². The minimum atomic E-state index is -0.981. The van der Waals surface area contributed by atoms with E-state index < -0.39 is 17.0 Å². The normalized spacial score (nSPS) is 21.6. The van der Waals surface area contributed by atoms with E-state index in [1.807, 2.05) is 0 Å². The van der Waals surface area contributed by atoms with Crippen LogP contribution in [0.1, 0.15) is 12.8 Å². The summed E-state index contributed by atoms with van der Waals surface area (Å²) in [7, 11) is 0. The maximum Gasteiger partial charge on any atom is 0.332 e. The SMILES string of the molecule is O=C(O)C1CCC(COc2ccc([N+](=O)[O-])c(Cl)c2)O1. The van der Waals surface area contributed by atoms with Crippen LogP contribution in [-0.2, 0) is 9.53 Å². The Labute approximate surface area is 119 Å². The van der Waals surface area contributed by atoms with Crippen molar-refractivity contribution in [2.24, 2.45) is 0 Å². The predicted molar refractivity (Wildman–Crippen MR) is 69.1 cm³/mol. The Balaban J connectivity index is 1.90. The van der Waals surface area contributed by atoms with Crippen LogP contribution in [-0.4, -0.2) is 34.8 Å². The van der Waals surface area contributed by atoms with Crippen LogP contribution in [0.3, 0.4) is 0 Å². The maximum atomic E-state index is 10.7. The molecule has 1 aliphatic heterocycles. The lowest BCUT2D eigenvalue weighted by atomic mass is 10.2. The van der Waals surface area contributed by atoms with E-state index in [0.717, 1.165) is 0 Å². The van der Waals surface area contributed by atoms with Gasteiger partial charge in [-0.15, -0.1) is 0 Å². The standard InChI is InChI=1S/C12H12ClNO6/c13-9-5-7(1-3-10(9)14(17)18)19-6-8-2-4-11(20-8)12(15)16/h1,3,5,8,11H,2,4,6H2,(H,15,16). The number of rotatable bonds is 5. The third-order valence-corrected chi connectivity index (χ3v) is 3.24. The Morgan fingerprint density at radius 1 is 1.55 bits per heavy atom. The van der Waals surface area contributed by atoms with Crippen molar-refractivity contribution in [2.75, 3.05) is 6.61 Å². The fourth-order valence-corrected chi connectivity index (χ4v) is 2.16. The van der Waals surface area contributed by atoms with Crippen LogP contribution in [0.4, 0.5) is 5.69 Å². The lowest BCUT2D eigenvalue weighted by Crippen LogP contribution is -2.23. The molecule has 2 atom stereocenters. The number of hydrogen-bond acceptors (Lipinski definition) is 5. The molecule has 0 amide bonds. The van der Waals surface area contributed by atoms with Gasteiger partial charge < -0.3 is 14.6 Å². The molecule has 0 radical (unpaired) electrons. The molecule has 1 fully saturated rings. The molecule has 1 N–H and O–H groups in total. The van der Waals surface area contributed by atoms with Gasteiger partial charge in [-0.05, 0) is 18.9 Å². The summed E-state index contributed by atoms with van der Waals surface area (Å²) in [4.78, 5) is 20.7. The van der Waals surface area contributed by atoms with Crippen molar-refractivity contribution < 1.29 is 24.3 Å². The predicted octanol–water partition coefficient (Wildman–Crippen LogP) is 2.26. The third kappa shape index (κ3) is 3.37. The van der Waals surface area contributed by atoms with Gasteiger partial charge in [-0.3, -0.25) is 10.1 Å². The van der Waals surface area contributed by atoms with Crippen molar-refractivity contribution >= 4 is 23.3 Å². The molecule has 0 spiro atoms. The van der Waals surface area contributed by atoms with Crippen LogP contribution in [0.25, 0.3) is 0 Å². The number of carboxylic acids is 1. The van der Waals surface area contributed by atoms with Crippen LogP contribution >= 0.6 is 11.6 Å². The Kier molecular flexibility index (Phi) is 4.41. The summed E-state index contributed by atoms with van der Waals surface area (Å²) < 4.78 is 10.7. The van der Waals surface area contributed by atoms with Gasteiger partial charge in [0.25, 0.3) is 5.69 Å². The number of carboxylic acid groups (broad SMARTS) is 1. The summed E-state index contributed by atoms with van der Waals surface area (Å²) in [6.07, 6.45) is -0.0451. The van der Waals surface area contributed by atoms with E-state index >= 15 is 0 Å². The molecule has 2 rings (SSSR count). The molecule has 0 saturated carbocycles. The van der Waals surface area contributed by atoms with Gasteiger partial charge in [0.05, 0.1) is 11.0 Å². The molecular weight excluding hydrogens is 290 g/mol. The topological polar surface area (TPSA) is 98.9 Å². The van der Waals surface area contributed by atoms with E-state index in [2.05, 4.69) is 0 Å². The molecule has 7 nitrogen and oxygen atoms in total. The summed E-state index contributed by atoms with van der Waals surface area (Å²) in [5.74, 6) is -0.603. The molecule has 1 saturated heterocycles. The lowest BCUT2D eigenvalue weighted by molar-refractivity contribution is -0.384. The monoisotopic (exact) mass is 301 g/mol. The van der Waals surface area contributed by atoms with Crippen LogP contribution in [0, 0.1) is 10.1 Å². The van der Waals surface area contributed by atoms with Gasteiger partial charge >= 0.3 is 5.97 Å². The van der Waals surface area contributed by atoms with Crippen molar-refractivity contribution in [3.05, 3.63) is 33.3 Å². The Hall–Kier alpha value is -1.86. The van der Waals surface area contributed by atoms with Gasteiger partial charge in [0.15, 0.2) is 6.10 Å². The molecule has 0 bridgehead atoms. The highest BCUT2D eigenvalue weighted by molar-refractivity contribution is 6.32. The first-order valence-corrected chi connectivity index (χ1v) is 6.30. The number of hydrogen-bond donors (Lipinski definition) is 1. The molecule has 0 aliphatic carbocycles. The van der Waals surface area contributed by atoms with Gasteiger partial charge in [0.1, 0.15) is 17.4 Å². The third-order valence-electron chi connectivity index (χ3n) is 2.93. The first-order valence-electron chi connectivity index (χ1n) is 5.92. The molecule has 2 unspecified atom stereocenters. The number of benzene rings is 1. The zero-order chi connectivity index (χ0) is 14.7. The van der Waals surface area contributed by atoms with Gasteiger partial charge in [-0.1, -0.05) is 11.6 Å². The smallest absolute Gasteiger partial charge is 0.332 e. The van der Waals surface area contributed by atoms with Crippen molar-refractivity contribution in [3.63, 3.8) is 0 Å². The minimum absolute atomic E-state index is 0.0109. The van der Waals surface area contributed by atoms with Crippen LogP contribution < -0.4 is 4.74 Å². The molecule has 0 aromatic heterocycles. The number of nitrogens with zero attached hydrogens (tertiary/aromatic N) is 1. The van der Waals surface area contributed by atoms with Gasteiger partial charge in [0, 0.05) is 12.1 Å². The molecule has 108 valence electrons. The number of nitro benzene ring substituents is 1. The second kappa shape index (κ2) is 6.06. The molecule has 1 aliphatic rings. The van der Waals surface area contributed by atoms with Crippen molar-refractivity contribution in [2.45, 2.75) is 25.0 Å². The van der Waals surface area contributed by atoms with E-state index in [0.29, 0.717) is 18.6 Å². The first-order chi connectivity index (χ1) is 9.47. The maximum absolute atomic E-state index is 10.7. The van der Waals surface area contributed by atoms with Gasteiger partial charge in [-0.2, -0.15) is 0 Å². The van der Waals surface area contributed by atoms with E-state index in [4.69, 9.17) is 26.2 Å². The zero-order valence-electron chi connectivity index (χ0n) is 10.3. The molecule has 1 heterocycles. The summed E-state index contributed by atoms with van der Waals surface area (Å²) >= 11 is 5.75. The van der Waals surface area contributed by atoms with Crippen molar-refractivity contribution in [1.82, 2.24) is 0 Å². The summed E-state index contributed by atoms with van der Waals surface area (Å²) in [6, 6.07) is 4.05. The zero-order valence-corrected chi connectivity index (χ0v) is 11.1. The Bertz CT molecular complexity index is 535. The van der Waals surface area contributed by atoms with E-state index in [1.54, 1.807) is 0 Å². The van der Waals surface area contributed by atoms with Crippen molar-refractivity contribution in [3.8, 4) is 5.75 Å². The number of nitro groups is 1. The Morgan fingerprint density at radius 3 is 2.85 bits per heavy atom. The first kappa shape index (κ1) is 14.5. The number of ether oxygens (including phenoxy) is 2. The van der Waals surface area contributed by atoms with Gasteiger partial charge in [0.2, 0.25) is 0 Å². The van der Waals surface area contributed by atoms with Crippen LogP contribution in [0.15, 0.2) is 18.2 Å². The summed E-state index contributed by atoms with van der Waals surface area (Å²) in [5, 5.41) is 19.4. The fraction of sp³-hybridized carbons (Fsp3) is 0.417. The molecule has 8 heteroatoms. The number of aliphatic carboxylic acids is 1. The van der Waals surface area contributed by atoms with Crippen LogP contribution in [0.2, 0.25) is 5.02 Å². The van der Waals surface area contributed by atoms with Gasteiger partial charge in [-0.25, -0.2) is 4.79 Å². The number of halogens is 1. The summed E-state index contributed by atoms with van der Waals surface area (Å²) in [6.45, 7) is 0.178. The molecular formula is C12H12ClNO6. The number of carbonyl (C=O) groups is 1. The van der Waals surface area contributed by atoms with E-state index in [9.17, 15) is 14.9 Å². The Morgan fingerprint density at radius 2 is 2.30 bits per heavy atom. The highest BCUT2D eigenvalue weighted by Crippen LogP contribution is 2.29. The minimum Gasteiger partial charge on any atom is -0.491 e. The fourth-order valence-electron chi connectivity index (χ4n) is 1.92. The lowest BCUT2D eigenvalue weighted by Gasteiger charge is -2.12. The average molecular weight is 302 g/mol. The highest BCUT2D eigenvalue weighted by atomic mass is 35.5. The van der Waals surface area contributed by atoms with E-state index in [-0.39, 0.29) is 23.4 Å². The molecule has 1 aromatic rings. The quantitative estimate of drug-likeness (QED) is 0.661. The largest absolute Gasteiger partial charge is 0.491 e.